The molecule has 2 amide bonds. The van der Waals surface area contributed by atoms with Crippen LogP contribution in [-0.4, -0.2) is 81.7 Å². The Labute approximate surface area is 306 Å². The Kier molecular flexibility index (Phi) is 11.2. The Bertz CT molecular complexity index is 2050. The fraction of sp³-hybridized carbons (Fsp3) is 0.333. The Morgan fingerprint density at radius 3 is 1.92 bits per heavy atom. The predicted molar refractivity (Wildman–Crippen MR) is 196 cm³/mol. The van der Waals surface area contributed by atoms with Crippen molar-refractivity contribution in [2.75, 3.05) is 27.3 Å². The van der Waals surface area contributed by atoms with Gasteiger partial charge in [-0.25, -0.2) is 20.0 Å². The number of rotatable bonds is 14. The first-order chi connectivity index (χ1) is 26.0. The number of nitrogens with one attached hydrogen (secondary N) is 2. The minimum Gasteiger partial charge on any atom is -0.344 e. The second kappa shape index (κ2) is 16.7. The quantitative estimate of drug-likeness (QED) is 0.0622. The van der Waals surface area contributed by atoms with Crippen LogP contribution in [0.15, 0.2) is 95.0 Å². The number of amides is 2. The zero-order valence-electron chi connectivity index (χ0n) is 29.6. The van der Waals surface area contributed by atoms with E-state index >= 15 is 0 Å². The molecule has 2 aliphatic heterocycles. The van der Waals surface area contributed by atoms with Crippen molar-refractivity contribution < 1.29 is 29.1 Å². The molecule has 274 valence electrons. The van der Waals surface area contributed by atoms with Crippen LogP contribution in [0.2, 0.25) is 0 Å². The summed E-state index contributed by atoms with van der Waals surface area (Å²) in [6.45, 7) is 1.21. The Hall–Kier alpha value is -5.86. The number of imidazole rings is 2. The fourth-order valence-corrected chi connectivity index (χ4v) is 7.26. The number of aromatic nitrogens is 4. The molecule has 0 unspecified atom stereocenters. The summed E-state index contributed by atoms with van der Waals surface area (Å²) in [5, 5.41) is 0. The van der Waals surface area contributed by atoms with E-state index in [1.807, 2.05) is 82.7 Å². The van der Waals surface area contributed by atoms with Gasteiger partial charge in [0.15, 0.2) is 12.1 Å². The van der Waals surface area contributed by atoms with Crippen molar-refractivity contribution >= 4 is 35.6 Å². The first-order valence-electron chi connectivity index (χ1n) is 17.7. The number of hydrogen-bond donors (Lipinski definition) is 2. The highest BCUT2D eigenvalue weighted by atomic mass is 17.2. The molecule has 2 aliphatic rings. The number of carbonyl (C=O) groups excluding carboxylic acids is 2. The van der Waals surface area contributed by atoms with E-state index in [-0.39, 0.29) is 23.9 Å². The molecule has 4 heterocycles. The highest BCUT2D eigenvalue weighted by Gasteiger charge is 2.37. The number of benzene rings is 3. The summed E-state index contributed by atoms with van der Waals surface area (Å²) in [5.74, 6) is 1.24. The summed E-state index contributed by atoms with van der Waals surface area (Å²) in [5.41, 5.74) is 5.24. The van der Waals surface area contributed by atoms with E-state index in [9.17, 15) is 9.59 Å². The van der Waals surface area contributed by atoms with Crippen LogP contribution in [0.25, 0.3) is 11.0 Å². The minimum atomic E-state index is -0.772. The number of nitrogens with zero attached hydrogens (tertiary/aromatic N) is 6. The van der Waals surface area contributed by atoms with Crippen LogP contribution in [0.1, 0.15) is 83.9 Å². The number of likely N-dealkylation sites (tertiary alicyclic amines) is 2. The van der Waals surface area contributed by atoms with Gasteiger partial charge in [0.1, 0.15) is 11.6 Å². The minimum absolute atomic E-state index is 0.126. The second-order valence-electron chi connectivity index (χ2n) is 13.0. The van der Waals surface area contributed by atoms with E-state index in [0.717, 1.165) is 83.6 Å². The molecule has 2 N–H and O–H groups in total. The molecule has 53 heavy (non-hydrogen) atoms. The number of hydrogen-bond acceptors (Lipinski definition) is 10. The van der Waals surface area contributed by atoms with E-state index in [1.165, 1.54) is 14.2 Å². The molecule has 0 saturated carbocycles. The van der Waals surface area contributed by atoms with Crippen LogP contribution >= 0.6 is 0 Å². The maximum Gasteiger partial charge on any atom is 0.252 e. The number of aliphatic imine (C=N–C) groups is 2. The molecule has 0 bridgehead atoms. The van der Waals surface area contributed by atoms with Gasteiger partial charge in [-0.2, -0.15) is 9.78 Å². The predicted octanol–water partition coefficient (Wildman–Crippen LogP) is 5.90. The zero-order valence-corrected chi connectivity index (χ0v) is 29.6. The summed E-state index contributed by atoms with van der Waals surface area (Å²) in [7, 11) is 2.77. The van der Waals surface area contributed by atoms with Gasteiger partial charge in [0.25, 0.3) is 11.8 Å². The monoisotopic (exact) mass is 718 g/mol. The van der Waals surface area contributed by atoms with E-state index in [2.05, 4.69) is 41.9 Å². The number of carbonyl (C=O) groups is 2. The molecule has 2 aromatic heterocycles. The van der Waals surface area contributed by atoms with Crippen molar-refractivity contribution in [1.29, 1.82) is 0 Å². The molecular weight excluding hydrogens is 676 g/mol. The summed E-state index contributed by atoms with van der Waals surface area (Å²) in [6.07, 6.45) is 8.06. The lowest BCUT2D eigenvalue weighted by molar-refractivity contribution is -0.188. The molecule has 3 aromatic carbocycles. The van der Waals surface area contributed by atoms with Crippen molar-refractivity contribution in [1.82, 2.24) is 29.7 Å². The topological polar surface area (TPSA) is 160 Å². The fourth-order valence-electron chi connectivity index (χ4n) is 7.26. The molecule has 0 aliphatic carbocycles. The van der Waals surface area contributed by atoms with Crippen LogP contribution in [0, 0.1) is 0 Å². The van der Waals surface area contributed by atoms with Gasteiger partial charge >= 0.3 is 0 Å². The Balaban J connectivity index is 1.05. The molecule has 4 atom stereocenters. The second-order valence-corrected chi connectivity index (χ2v) is 13.0. The third-order valence-corrected chi connectivity index (χ3v) is 9.71. The van der Waals surface area contributed by atoms with Gasteiger partial charge in [-0.3, -0.25) is 9.59 Å². The Morgan fingerprint density at radius 2 is 1.36 bits per heavy atom. The first-order valence-corrected chi connectivity index (χ1v) is 17.7. The summed E-state index contributed by atoms with van der Waals surface area (Å²) in [6, 6.07) is 23.0. The average Bonchev–Trinajstić information content (AvgIpc) is 4.02. The van der Waals surface area contributed by atoms with Crippen molar-refractivity contribution in [3.05, 3.63) is 119 Å². The van der Waals surface area contributed by atoms with Crippen molar-refractivity contribution in [2.24, 2.45) is 9.98 Å². The molecular formula is C39H42N8O6. The standard InChI is InChI=1S/C39H42N8O6/c1-50-52-24-41-34(27-11-5-3-6-12-27)38(48)46-19-9-15-32(46)36-40-23-29(43-36)21-26-17-18-30-31(22-26)45-37(44-30)33-16-10-20-47(33)39(49)35(42-25-53-51-2)28-13-7-4-8-14-28/h3-8,11-14,17-18,22-25,32-35H,9-10,15-16,19-21H2,1-2H3,(H,40,43)(H,44,45)/t32-,33-,34+,35+/m0/s1. The number of H-pyrrole nitrogens is 2. The summed E-state index contributed by atoms with van der Waals surface area (Å²) >= 11 is 0. The van der Waals surface area contributed by atoms with Gasteiger partial charge in [-0.05, 0) is 54.5 Å². The average molecular weight is 719 g/mol. The lowest BCUT2D eigenvalue weighted by Crippen LogP contribution is -2.34. The molecule has 0 radical (unpaired) electrons. The van der Waals surface area contributed by atoms with Gasteiger partial charge in [-0.1, -0.05) is 66.7 Å². The third kappa shape index (κ3) is 7.98. The maximum atomic E-state index is 13.9. The highest BCUT2D eigenvalue weighted by Crippen LogP contribution is 2.36. The number of fused-ring (bicyclic) bond motifs is 1. The third-order valence-electron chi connectivity index (χ3n) is 9.71. The first kappa shape index (κ1) is 35.5. The SMILES string of the molecule is COOC=N[C@@H](C(=O)N1CCC[C@H]1c1ncc(Cc2ccc3nc([C@@H]4CCCN4C(=O)[C@H](N=COOC)c4ccccc4)[nH]c3c2)[nH]1)c1ccccc1. The van der Waals surface area contributed by atoms with E-state index in [1.54, 1.807) is 0 Å². The van der Waals surface area contributed by atoms with Crippen LogP contribution in [0.4, 0.5) is 0 Å². The maximum absolute atomic E-state index is 13.9. The van der Waals surface area contributed by atoms with Gasteiger partial charge < -0.3 is 29.5 Å². The summed E-state index contributed by atoms with van der Waals surface area (Å²) in [4.78, 5) is 75.9. The highest BCUT2D eigenvalue weighted by molar-refractivity contribution is 5.86. The summed E-state index contributed by atoms with van der Waals surface area (Å²) < 4.78 is 0. The molecule has 2 fully saturated rings. The van der Waals surface area contributed by atoms with Gasteiger partial charge in [0.05, 0.1) is 37.3 Å². The van der Waals surface area contributed by atoms with Crippen LogP contribution < -0.4 is 0 Å². The van der Waals surface area contributed by atoms with Crippen LogP contribution in [-0.2, 0) is 35.6 Å². The molecule has 2 saturated heterocycles. The number of aromatic amines is 2. The van der Waals surface area contributed by atoms with Crippen LogP contribution in [0.5, 0.6) is 0 Å². The van der Waals surface area contributed by atoms with Crippen molar-refractivity contribution in [3.8, 4) is 0 Å². The van der Waals surface area contributed by atoms with Gasteiger partial charge in [0.2, 0.25) is 12.8 Å². The lowest BCUT2D eigenvalue weighted by Gasteiger charge is -2.26. The molecule has 14 heteroatoms. The van der Waals surface area contributed by atoms with E-state index in [4.69, 9.17) is 19.7 Å². The van der Waals surface area contributed by atoms with E-state index < -0.39 is 12.1 Å². The van der Waals surface area contributed by atoms with Gasteiger partial charge in [-0.15, -0.1) is 0 Å². The van der Waals surface area contributed by atoms with Gasteiger partial charge in [0, 0.05) is 31.4 Å². The van der Waals surface area contributed by atoms with Crippen LogP contribution in [0.3, 0.4) is 0 Å². The molecule has 14 nitrogen and oxygen atoms in total. The largest absolute Gasteiger partial charge is 0.344 e. The normalized spacial score (nSPS) is 18.7. The van der Waals surface area contributed by atoms with Crippen molar-refractivity contribution in [2.45, 2.75) is 56.3 Å². The van der Waals surface area contributed by atoms with Crippen molar-refractivity contribution in [3.63, 3.8) is 0 Å². The Morgan fingerprint density at radius 1 is 0.792 bits per heavy atom. The van der Waals surface area contributed by atoms with E-state index in [0.29, 0.717) is 19.5 Å². The molecule has 0 spiro atoms. The molecule has 7 rings (SSSR count). The zero-order chi connectivity index (χ0) is 36.6. The molecule has 5 aromatic rings. The smallest absolute Gasteiger partial charge is 0.252 e. The lowest BCUT2D eigenvalue weighted by atomic mass is 10.1.